The van der Waals surface area contributed by atoms with Gasteiger partial charge in [-0.2, -0.15) is 16.8 Å². The maximum Gasteiger partial charge on any atom is 0.264 e. The lowest BCUT2D eigenvalue weighted by molar-refractivity contribution is 0.323. The monoisotopic (exact) mass is 902 g/mol. The molecular formula is C53H62N2O7S2+2. The highest BCUT2D eigenvalue weighted by Crippen LogP contribution is 2.53. The highest BCUT2D eigenvalue weighted by Gasteiger charge is 2.47. The lowest BCUT2D eigenvalue weighted by atomic mass is 9.85. The highest BCUT2D eigenvalue weighted by atomic mass is 32.2. The number of quaternary nitrogens is 2. The van der Waals surface area contributed by atoms with E-state index in [0.717, 1.165) is 60.3 Å². The van der Waals surface area contributed by atoms with Crippen LogP contribution in [0.1, 0.15) is 86.3 Å². The summed E-state index contributed by atoms with van der Waals surface area (Å²) < 4.78 is 74.0. The van der Waals surface area contributed by atoms with Crippen LogP contribution in [0.3, 0.4) is 0 Å². The number of allylic oxidation sites excluding steroid dienone is 6. The van der Waals surface area contributed by atoms with Gasteiger partial charge >= 0.3 is 0 Å². The van der Waals surface area contributed by atoms with Crippen molar-refractivity contribution in [3.05, 3.63) is 161 Å². The number of fused-ring (bicyclic) bond motifs is 6. The molecule has 0 aromatic heterocycles. The first-order valence-electron chi connectivity index (χ1n) is 22.6. The Bertz CT molecular complexity index is 2930. The summed E-state index contributed by atoms with van der Waals surface area (Å²) in [5.41, 5.74) is 9.67. The minimum atomic E-state index is -4.05. The third-order valence-electron chi connectivity index (χ3n) is 14.0. The van der Waals surface area contributed by atoms with Crippen molar-refractivity contribution in [3.8, 4) is 5.75 Å². The Labute approximate surface area is 379 Å². The number of unbranched alkanes of at least 4 members (excludes halogenated alkanes) is 2. The van der Waals surface area contributed by atoms with Crippen molar-refractivity contribution in [1.82, 2.24) is 8.97 Å². The topological polar surface area (TPSA) is 118 Å². The van der Waals surface area contributed by atoms with E-state index in [4.69, 9.17) is 4.74 Å². The van der Waals surface area contributed by atoms with Crippen molar-refractivity contribution in [2.75, 3.05) is 39.7 Å². The molecule has 3 atom stereocenters. The van der Waals surface area contributed by atoms with Crippen LogP contribution in [0.5, 0.6) is 5.75 Å². The number of ether oxygens (including phenoxy) is 1. The van der Waals surface area contributed by atoms with Gasteiger partial charge in [-0.1, -0.05) is 85.1 Å². The van der Waals surface area contributed by atoms with Crippen molar-refractivity contribution >= 4 is 53.2 Å². The predicted molar refractivity (Wildman–Crippen MR) is 263 cm³/mol. The van der Waals surface area contributed by atoms with Gasteiger partial charge in [0, 0.05) is 29.2 Å². The fourth-order valence-corrected chi connectivity index (χ4v) is 11.9. The van der Waals surface area contributed by atoms with Crippen molar-refractivity contribution in [1.29, 1.82) is 0 Å². The minimum absolute atomic E-state index is 0.0391. The van der Waals surface area contributed by atoms with Gasteiger partial charge in [0.2, 0.25) is 0 Å². The first-order chi connectivity index (χ1) is 30.4. The average Bonchev–Trinajstić information content (AvgIpc) is 3.61. The smallest absolute Gasteiger partial charge is 0.264 e. The van der Waals surface area contributed by atoms with Crippen molar-refractivity contribution in [3.63, 3.8) is 0 Å². The van der Waals surface area contributed by atoms with Crippen LogP contribution in [0.25, 0.3) is 21.5 Å². The number of aryl methyl sites for hydroxylation is 1. The number of hydrogen-bond acceptors (Lipinski definition) is 5. The molecule has 0 fully saturated rings. The molecule has 1 aliphatic carbocycles. The molecule has 11 heteroatoms. The molecule has 2 aliphatic heterocycles. The molecule has 2 heterocycles. The third kappa shape index (κ3) is 9.57. The second-order valence-electron chi connectivity index (χ2n) is 18.9. The van der Waals surface area contributed by atoms with Gasteiger partial charge < -0.3 is 4.74 Å². The Kier molecular flexibility index (Phi) is 13.0. The summed E-state index contributed by atoms with van der Waals surface area (Å²) in [6, 6.07) is 34.1. The SMILES string of the molecule is Cc1ccc(OC2=C(C=CC3C(CCCCS(=O)(=O)O)c4c(ccc5ccccc45)[N+]3(C)C)CCCC2=CC=C2C(CCCCS(=O)(=O)O)c3c(ccc4ccccc34)[N+]2(C)C)cc1. The van der Waals surface area contributed by atoms with E-state index in [1.807, 2.05) is 12.1 Å². The molecule has 64 heavy (non-hydrogen) atoms. The normalized spacial score (nSPS) is 22.0. The summed E-state index contributed by atoms with van der Waals surface area (Å²) in [5, 5.41) is 4.78. The fourth-order valence-electron chi connectivity index (χ4n) is 10.8. The first-order valence-corrected chi connectivity index (χ1v) is 25.8. The second-order valence-corrected chi connectivity index (χ2v) is 22.1. The molecule has 336 valence electrons. The molecule has 0 spiro atoms. The standard InChI is InChI=1S/C53H60N2O7S2/c1-37-23-29-42(30-24-37)62-53-40(27-31-47-45(21-10-12-35-63(56,57)58)51-43-19-8-6-15-38(43)25-33-49(51)54(47,2)3)17-14-18-41(53)28-32-48-46(22-11-13-36-64(59,60)61)52-44-20-9-7-16-39(44)26-34-50(52)55(48,4)5/h6-9,15-16,19-20,23-34,45-47H,10-14,17-18,21-22,35-36H2,1-5H3/p+2. The van der Waals surface area contributed by atoms with Crippen LogP contribution in [-0.4, -0.2) is 71.7 Å². The summed E-state index contributed by atoms with van der Waals surface area (Å²) in [4.78, 5) is 0. The molecule has 0 saturated heterocycles. The first kappa shape index (κ1) is 45.7. The van der Waals surface area contributed by atoms with Gasteiger partial charge in [-0.05, 0) is 127 Å². The van der Waals surface area contributed by atoms with E-state index in [9.17, 15) is 25.9 Å². The van der Waals surface area contributed by atoms with Crippen molar-refractivity contribution in [2.45, 2.75) is 82.6 Å². The average molecular weight is 903 g/mol. The van der Waals surface area contributed by atoms with Crippen LogP contribution < -0.4 is 13.7 Å². The second kappa shape index (κ2) is 18.2. The van der Waals surface area contributed by atoms with Gasteiger partial charge in [-0.15, -0.1) is 0 Å². The van der Waals surface area contributed by atoms with Gasteiger partial charge in [0.1, 0.15) is 34.6 Å². The maximum atomic E-state index is 11.7. The molecule has 3 aliphatic rings. The highest BCUT2D eigenvalue weighted by molar-refractivity contribution is 7.86. The van der Waals surface area contributed by atoms with Gasteiger partial charge in [-0.3, -0.25) is 18.1 Å². The number of nitrogens with zero attached hydrogens (tertiary/aromatic N) is 2. The Balaban J connectivity index is 1.20. The van der Waals surface area contributed by atoms with Crippen LogP contribution in [0.2, 0.25) is 0 Å². The Morgan fingerprint density at radius 3 is 1.91 bits per heavy atom. The van der Waals surface area contributed by atoms with E-state index in [-0.39, 0.29) is 29.4 Å². The van der Waals surface area contributed by atoms with Gasteiger partial charge in [0.05, 0.1) is 45.6 Å². The zero-order valence-corrected chi connectivity index (χ0v) is 39.3. The zero-order valence-electron chi connectivity index (χ0n) is 37.7. The molecule has 5 aromatic carbocycles. The van der Waals surface area contributed by atoms with E-state index in [1.54, 1.807) is 0 Å². The molecule has 0 saturated carbocycles. The number of rotatable bonds is 15. The molecule has 9 nitrogen and oxygen atoms in total. The summed E-state index contributed by atoms with van der Waals surface area (Å²) in [5.74, 6) is 1.29. The Hall–Kier alpha value is -4.88. The minimum Gasteiger partial charge on any atom is -0.457 e. The van der Waals surface area contributed by atoms with Crippen LogP contribution in [0.4, 0.5) is 11.4 Å². The largest absolute Gasteiger partial charge is 0.457 e. The summed E-state index contributed by atoms with van der Waals surface area (Å²) in [7, 11) is 0.887. The van der Waals surface area contributed by atoms with Gasteiger partial charge in [0.25, 0.3) is 20.2 Å². The number of likely N-dealkylation sites (N-methyl/N-ethyl adjacent to an activating group) is 2. The molecule has 5 aromatic rings. The lowest BCUT2D eigenvalue weighted by Crippen LogP contribution is -2.47. The molecule has 8 rings (SSSR count). The van der Waals surface area contributed by atoms with E-state index in [1.165, 1.54) is 49.7 Å². The van der Waals surface area contributed by atoms with Crippen LogP contribution in [0.15, 0.2) is 144 Å². The summed E-state index contributed by atoms with van der Waals surface area (Å²) >= 11 is 0. The molecule has 2 N–H and O–H groups in total. The van der Waals surface area contributed by atoms with Crippen molar-refractivity contribution in [2.24, 2.45) is 0 Å². The molecular weight excluding hydrogens is 841 g/mol. The third-order valence-corrected chi connectivity index (χ3v) is 15.6. The van der Waals surface area contributed by atoms with Crippen LogP contribution >= 0.6 is 0 Å². The van der Waals surface area contributed by atoms with E-state index in [2.05, 4.69) is 144 Å². The van der Waals surface area contributed by atoms with E-state index < -0.39 is 20.2 Å². The summed E-state index contributed by atoms with van der Waals surface area (Å²) in [6.45, 7) is 2.07. The van der Waals surface area contributed by atoms with Crippen LogP contribution in [0, 0.1) is 6.92 Å². The maximum absolute atomic E-state index is 11.7. The number of benzene rings is 5. The van der Waals surface area contributed by atoms with Crippen molar-refractivity contribution < 1.29 is 30.7 Å². The fraction of sp³-hybridized carbons (Fsp3) is 0.358. The Morgan fingerprint density at radius 1 is 0.672 bits per heavy atom. The quantitative estimate of drug-likeness (QED) is 0.0610. The molecule has 0 radical (unpaired) electrons. The lowest BCUT2D eigenvalue weighted by Gasteiger charge is -2.32. The molecule has 0 bridgehead atoms. The zero-order chi connectivity index (χ0) is 45.4. The Morgan fingerprint density at radius 2 is 1.27 bits per heavy atom. The molecule has 0 amide bonds. The van der Waals surface area contributed by atoms with Gasteiger partial charge in [0.15, 0.2) is 0 Å². The van der Waals surface area contributed by atoms with E-state index >= 15 is 0 Å². The predicted octanol–water partition coefficient (Wildman–Crippen LogP) is 11.7. The number of hydrogen-bond donors (Lipinski definition) is 2. The molecule has 3 unspecified atom stereocenters. The summed E-state index contributed by atoms with van der Waals surface area (Å²) in [6.07, 6.45) is 15.4. The van der Waals surface area contributed by atoms with Crippen LogP contribution in [-0.2, 0) is 20.2 Å². The van der Waals surface area contributed by atoms with E-state index in [0.29, 0.717) is 34.6 Å². The van der Waals surface area contributed by atoms with Gasteiger partial charge in [-0.25, -0.2) is 0 Å².